The van der Waals surface area contributed by atoms with E-state index in [0.717, 1.165) is 5.56 Å². The highest BCUT2D eigenvalue weighted by atomic mass is 35.5. The highest BCUT2D eigenvalue weighted by Crippen LogP contribution is 2.19. The largest absolute Gasteiger partial charge is 0.289 e. The van der Waals surface area contributed by atoms with Crippen LogP contribution in [-0.2, 0) is 0 Å². The fraction of sp³-hybridized carbons (Fsp3) is 0. The zero-order chi connectivity index (χ0) is 13.0. The van der Waals surface area contributed by atoms with Gasteiger partial charge in [0.1, 0.15) is 5.82 Å². The Balaban J connectivity index is 2.29. The third-order valence-corrected chi connectivity index (χ3v) is 2.77. The molecule has 0 saturated heterocycles. The molecule has 0 atom stereocenters. The molecule has 3 heteroatoms. The third kappa shape index (κ3) is 2.84. The predicted octanol–water partition coefficient (Wildman–Crippen LogP) is 4.29. The van der Waals surface area contributed by atoms with E-state index in [4.69, 9.17) is 11.6 Å². The molecule has 90 valence electrons. The van der Waals surface area contributed by atoms with E-state index < -0.39 is 11.6 Å². The molecule has 2 aromatic carbocycles. The summed E-state index contributed by atoms with van der Waals surface area (Å²) in [5.41, 5.74) is 0.746. The molecule has 0 heterocycles. The number of hydrogen-bond acceptors (Lipinski definition) is 1. The van der Waals surface area contributed by atoms with Gasteiger partial charge in [-0.2, -0.15) is 0 Å². The average Bonchev–Trinajstić information content (AvgIpc) is 2.40. The second kappa shape index (κ2) is 5.61. The van der Waals surface area contributed by atoms with Gasteiger partial charge in [-0.1, -0.05) is 54.1 Å². The van der Waals surface area contributed by atoms with Crippen molar-refractivity contribution >= 4 is 22.4 Å². The Morgan fingerprint density at radius 2 is 1.61 bits per heavy atom. The molecule has 2 aromatic rings. The van der Waals surface area contributed by atoms with Gasteiger partial charge in [-0.15, -0.1) is 0 Å². The summed E-state index contributed by atoms with van der Waals surface area (Å²) >= 11 is 6.02. The van der Waals surface area contributed by atoms with Crippen LogP contribution in [0.25, 0.3) is 5.03 Å². The number of halogens is 2. The summed E-state index contributed by atoms with van der Waals surface area (Å²) in [5.74, 6) is -0.988. The fourth-order valence-corrected chi connectivity index (χ4v) is 1.76. The maximum Gasteiger partial charge on any atom is 0.190 e. The van der Waals surface area contributed by atoms with Crippen molar-refractivity contribution in [2.45, 2.75) is 0 Å². The van der Waals surface area contributed by atoms with Crippen molar-refractivity contribution in [1.29, 1.82) is 0 Å². The zero-order valence-electron chi connectivity index (χ0n) is 9.44. The number of carbonyl (C=O) groups is 1. The topological polar surface area (TPSA) is 17.1 Å². The number of allylic oxidation sites excluding steroid dienone is 1. The van der Waals surface area contributed by atoms with Crippen LogP contribution in [0, 0.1) is 5.82 Å². The lowest BCUT2D eigenvalue weighted by molar-refractivity contribution is 0.104. The molecule has 0 aliphatic carbocycles. The molecule has 0 saturated carbocycles. The Kier molecular flexibility index (Phi) is 3.90. The summed E-state index contributed by atoms with van der Waals surface area (Å²) in [5, 5.41) is 0.295. The number of benzene rings is 2. The standard InChI is InChI=1S/C15H10ClFO/c16-13(11-6-2-1-3-7-11)10-15(18)12-8-4-5-9-14(12)17/h1-10H/b13-10-. The van der Waals surface area contributed by atoms with Gasteiger partial charge in [0, 0.05) is 6.08 Å². The highest BCUT2D eigenvalue weighted by molar-refractivity contribution is 6.50. The molecule has 0 aromatic heterocycles. The highest BCUT2D eigenvalue weighted by Gasteiger charge is 2.09. The first-order valence-corrected chi connectivity index (χ1v) is 5.78. The molecule has 1 nitrogen and oxygen atoms in total. The van der Waals surface area contributed by atoms with E-state index in [1.165, 1.54) is 24.3 Å². The summed E-state index contributed by atoms with van der Waals surface area (Å²) in [4.78, 5) is 11.8. The van der Waals surface area contributed by atoms with E-state index in [1.54, 1.807) is 18.2 Å². The van der Waals surface area contributed by atoms with Crippen molar-refractivity contribution in [2.75, 3.05) is 0 Å². The molecular weight excluding hydrogens is 251 g/mol. The SMILES string of the molecule is O=C(/C=C(\Cl)c1ccccc1)c1ccccc1F. The molecule has 0 N–H and O–H groups in total. The molecule has 2 rings (SSSR count). The predicted molar refractivity (Wildman–Crippen MR) is 71.0 cm³/mol. The van der Waals surface area contributed by atoms with Crippen LogP contribution >= 0.6 is 11.6 Å². The van der Waals surface area contributed by atoms with Gasteiger partial charge >= 0.3 is 0 Å². The van der Waals surface area contributed by atoms with Gasteiger partial charge in [0.05, 0.1) is 10.6 Å². The Morgan fingerprint density at radius 1 is 1.00 bits per heavy atom. The van der Waals surface area contributed by atoms with Crippen LogP contribution in [0.2, 0.25) is 0 Å². The molecule has 18 heavy (non-hydrogen) atoms. The van der Waals surface area contributed by atoms with Crippen molar-refractivity contribution in [3.63, 3.8) is 0 Å². The molecule has 0 spiro atoms. The minimum Gasteiger partial charge on any atom is -0.289 e. The fourth-order valence-electron chi connectivity index (χ4n) is 1.53. The Morgan fingerprint density at radius 3 is 2.28 bits per heavy atom. The Hall–Kier alpha value is -1.93. The van der Waals surface area contributed by atoms with Gasteiger partial charge in [0.25, 0.3) is 0 Å². The first-order valence-electron chi connectivity index (χ1n) is 5.40. The van der Waals surface area contributed by atoms with Gasteiger partial charge in [-0.3, -0.25) is 4.79 Å². The van der Waals surface area contributed by atoms with Crippen molar-refractivity contribution in [2.24, 2.45) is 0 Å². The van der Waals surface area contributed by atoms with Gasteiger partial charge in [-0.05, 0) is 17.7 Å². The maximum absolute atomic E-state index is 13.4. The van der Waals surface area contributed by atoms with Crippen molar-refractivity contribution in [1.82, 2.24) is 0 Å². The zero-order valence-corrected chi connectivity index (χ0v) is 10.2. The molecule has 0 fully saturated rings. The Bertz CT molecular complexity index is 590. The number of rotatable bonds is 3. The second-order valence-electron chi connectivity index (χ2n) is 3.70. The molecule has 0 aliphatic heterocycles. The summed E-state index contributed by atoms with van der Waals surface area (Å²) in [6.45, 7) is 0. The van der Waals surface area contributed by atoms with E-state index in [1.807, 2.05) is 18.2 Å². The molecule has 0 unspecified atom stereocenters. The number of hydrogen-bond donors (Lipinski definition) is 0. The summed E-state index contributed by atoms with van der Waals surface area (Å²) < 4.78 is 13.4. The quantitative estimate of drug-likeness (QED) is 0.594. The van der Waals surface area contributed by atoms with Crippen molar-refractivity contribution < 1.29 is 9.18 Å². The number of carbonyl (C=O) groups excluding carboxylic acids is 1. The molecule has 0 amide bonds. The third-order valence-electron chi connectivity index (χ3n) is 2.45. The van der Waals surface area contributed by atoms with Crippen molar-refractivity contribution in [3.8, 4) is 0 Å². The van der Waals surface area contributed by atoms with E-state index in [2.05, 4.69) is 0 Å². The lowest BCUT2D eigenvalue weighted by Crippen LogP contribution is -1.98. The van der Waals surface area contributed by atoms with Crippen LogP contribution in [0.5, 0.6) is 0 Å². The van der Waals surface area contributed by atoms with Crippen LogP contribution < -0.4 is 0 Å². The van der Waals surface area contributed by atoms with Gasteiger partial charge in [0.2, 0.25) is 0 Å². The van der Waals surface area contributed by atoms with Crippen molar-refractivity contribution in [3.05, 3.63) is 77.6 Å². The van der Waals surface area contributed by atoms with E-state index in [0.29, 0.717) is 5.03 Å². The van der Waals surface area contributed by atoms with Crippen LogP contribution in [0.4, 0.5) is 4.39 Å². The first-order chi connectivity index (χ1) is 8.68. The van der Waals surface area contributed by atoms with Crippen LogP contribution in [0.1, 0.15) is 15.9 Å². The summed E-state index contributed by atoms with van der Waals surface area (Å²) in [7, 11) is 0. The van der Waals surface area contributed by atoms with Crippen LogP contribution in [-0.4, -0.2) is 5.78 Å². The molecule has 0 aliphatic rings. The lowest BCUT2D eigenvalue weighted by atomic mass is 10.1. The first kappa shape index (κ1) is 12.5. The molecular formula is C15H10ClFO. The lowest BCUT2D eigenvalue weighted by Gasteiger charge is -2.00. The smallest absolute Gasteiger partial charge is 0.190 e. The van der Waals surface area contributed by atoms with Crippen LogP contribution in [0.15, 0.2) is 60.7 Å². The van der Waals surface area contributed by atoms with Gasteiger partial charge in [-0.25, -0.2) is 4.39 Å². The van der Waals surface area contributed by atoms with E-state index >= 15 is 0 Å². The van der Waals surface area contributed by atoms with E-state index in [-0.39, 0.29) is 5.56 Å². The molecule has 0 bridgehead atoms. The molecule has 0 radical (unpaired) electrons. The summed E-state index contributed by atoms with van der Waals surface area (Å²) in [6.07, 6.45) is 1.23. The average molecular weight is 261 g/mol. The monoisotopic (exact) mass is 260 g/mol. The maximum atomic E-state index is 13.4. The van der Waals surface area contributed by atoms with Gasteiger partial charge < -0.3 is 0 Å². The van der Waals surface area contributed by atoms with Crippen LogP contribution in [0.3, 0.4) is 0 Å². The minimum absolute atomic E-state index is 0.0200. The summed E-state index contributed by atoms with van der Waals surface area (Å²) in [6, 6.07) is 14.9. The number of ketones is 1. The van der Waals surface area contributed by atoms with Gasteiger partial charge in [0.15, 0.2) is 5.78 Å². The normalized spacial score (nSPS) is 11.3. The second-order valence-corrected chi connectivity index (χ2v) is 4.11. The minimum atomic E-state index is -0.545. The van der Waals surface area contributed by atoms with E-state index in [9.17, 15) is 9.18 Å². The Labute approximate surface area is 110 Å².